The number of aromatic nitrogens is 3. The highest BCUT2D eigenvalue weighted by molar-refractivity contribution is 4.98. The zero-order valence-corrected chi connectivity index (χ0v) is 14.2. The number of hydrogen-bond acceptors (Lipinski definition) is 4. The lowest BCUT2D eigenvalue weighted by Gasteiger charge is -2.29. The van der Waals surface area contributed by atoms with E-state index in [9.17, 15) is 0 Å². The van der Waals surface area contributed by atoms with Crippen molar-refractivity contribution in [2.75, 3.05) is 6.54 Å². The van der Waals surface area contributed by atoms with Gasteiger partial charge in [-0.2, -0.15) is 5.10 Å². The Kier molecular flexibility index (Phi) is 5.38. The van der Waals surface area contributed by atoms with Gasteiger partial charge in [0.15, 0.2) is 0 Å². The van der Waals surface area contributed by atoms with Gasteiger partial charge in [0.2, 0.25) is 0 Å². The number of nitrogens with one attached hydrogen (secondary N) is 1. The Morgan fingerprint density at radius 3 is 2.52 bits per heavy atom. The van der Waals surface area contributed by atoms with Crippen molar-refractivity contribution in [1.82, 2.24) is 20.1 Å². The van der Waals surface area contributed by atoms with Gasteiger partial charge in [-0.05, 0) is 40.2 Å². The summed E-state index contributed by atoms with van der Waals surface area (Å²) in [7, 11) is 0. The van der Waals surface area contributed by atoms with Crippen LogP contribution in [0.25, 0.3) is 0 Å². The lowest BCUT2D eigenvalue weighted by Crippen LogP contribution is -2.44. The largest absolute Gasteiger partial charge is 0.375 e. The van der Waals surface area contributed by atoms with Crippen LogP contribution in [0.3, 0.4) is 0 Å². The van der Waals surface area contributed by atoms with Crippen molar-refractivity contribution in [2.45, 2.75) is 72.3 Å². The van der Waals surface area contributed by atoms with Gasteiger partial charge in [0.1, 0.15) is 12.2 Å². The summed E-state index contributed by atoms with van der Waals surface area (Å²) >= 11 is 0. The zero-order valence-electron chi connectivity index (χ0n) is 14.2. The number of rotatable bonds is 6. The second-order valence-corrected chi connectivity index (χ2v) is 6.57. The van der Waals surface area contributed by atoms with E-state index in [4.69, 9.17) is 4.74 Å². The third-order valence-electron chi connectivity index (χ3n) is 4.79. The van der Waals surface area contributed by atoms with Gasteiger partial charge in [-0.15, -0.1) is 0 Å². The molecule has 0 saturated carbocycles. The molecule has 0 amide bonds. The van der Waals surface area contributed by atoms with Gasteiger partial charge in [0, 0.05) is 24.4 Å². The first-order valence-electron chi connectivity index (χ1n) is 8.22. The Balaban J connectivity index is 2.17. The van der Waals surface area contributed by atoms with E-state index in [0.717, 1.165) is 18.8 Å². The highest BCUT2D eigenvalue weighted by Gasteiger charge is 2.41. The molecule has 5 nitrogen and oxygen atoms in total. The van der Waals surface area contributed by atoms with Gasteiger partial charge >= 0.3 is 0 Å². The SMILES string of the molecule is CCNC(Cc1ncnn1C(C)C)C1C(C)OC(C)C1C. The van der Waals surface area contributed by atoms with Crippen molar-refractivity contribution in [3.63, 3.8) is 0 Å². The minimum absolute atomic E-state index is 0.287. The number of hydrogen-bond donors (Lipinski definition) is 1. The van der Waals surface area contributed by atoms with E-state index < -0.39 is 0 Å². The Morgan fingerprint density at radius 2 is 2.00 bits per heavy atom. The van der Waals surface area contributed by atoms with Crippen molar-refractivity contribution in [2.24, 2.45) is 11.8 Å². The van der Waals surface area contributed by atoms with E-state index in [0.29, 0.717) is 30.0 Å². The fourth-order valence-corrected chi connectivity index (χ4v) is 3.64. The molecule has 5 unspecified atom stereocenters. The predicted molar refractivity (Wildman–Crippen MR) is 84.2 cm³/mol. The number of likely N-dealkylation sites (N-methyl/N-ethyl adjacent to an activating group) is 1. The van der Waals surface area contributed by atoms with Crippen LogP contribution < -0.4 is 5.32 Å². The smallest absolute Gasteiger partial charge is 0.138 e. The molecule has 5 heteroatoms. The molecule has 1 fully saturated rings. The van der Waals surface area contributed by atoms with Crippen molar-refractivity contribution < 1.29 is 4.74 Å². The van der Waals surface area contributed by atoms with Gasteiger partial charge in [0.25, 0.3) is 0 Å². The van der Waals surface area contributed by atoms with Crippen molar-refractivity contribution in [3.05, 3.63) is 12.2 Å². The third-order valence-corrected chi connectivity index (χ3v) is 4.79. The topological polar surface area (TPSA) is 52.0 Å². The second kappa shape index (κ2) is 6.88. The molecule has 0 radical (unpaired) electrons. The fourth-order valence-electron chi connectivity index (χ4n) is 3.64. The molecule has 0 spiro atoms. The quantitative estimate of drug-likeness (QED) is 0.875. The standard InChI is InChI=1S/C16H30N4O/c1-7-17-14(16-11(4)12(5)21-13(16)6)8-15-18-9-19-20(15)10(2)3/h9-14,16-17H,7-8H2,1-6H3. The van der Waals surface area contributed by atoms with E-state index in [1.807, 2.05) is 4.68 Å². The molecular formula is C16H30N4O. The van der Waals surface area contributed by atoms with Crippen LogP contribution in [0.1, 0.15) is 53.4 Å². The maximum Gasteiger partial charge on any atom is 0.138 e. The summed E-state index contributed by atoms with van der Waals surface area (Å²) in [6, 6.07) is 0.727. The van der Waals surface area contributed by atoms with Crippen LogP contribution in [0.2, 0.25) is 0 Å². The maximum atomic E-state index is 6.03. The summed E-state index contributed by atoms with van der Waals surface area (Å²) in [6.07, 6.45) is 3.18. The van der Waals surface area contributed by atoms with Gasteiger partial charge < -0.3 is 10.1 Å². The molecule has 2 heterocycles. The van der Waals surface area contributed by atoms with Crippen molar-refractivity contribution >= 4 is 0 Å². The molecule has 0 aliphatic carbocycles. The average molecular weight is 294 g/mol. The Bertz CT molecular complexity index is 445. The predicted octanol–water partition coefficient (Wildman–Crippen LogP) is 2.44. The molecule has 1 saturated heterocycles. The summed E-state index contributed by atoms with van der Waals surface area (Å²) in [4.78, 5) is 4.47. The first kappa shape index (κ1) is 16.4. The summed E-state index contributed by atoms with van der Waals surface area (Å²) < 4.78 is 8.05. The monoisotopic (exact) mass is 294 g/mol. The van der Waals surface area contributed by atoms with E-state index in [2.05, 4.69) is 56.9 Å². The lowest BCUT2D eigenvalue weighted by atomic mass is 9.82. The van der Waals surface area contributed by atoms with Crippen molar-refractivity contribution in [3.8, 4) is 0 Å². The van der Waals surface area contributed by atoms with Gasteiger partial charge in [-0.25, -0.2) is 9.67 Å². The Morgan fingerprint density at radius 1 is 1.29 bits per heavy atom. The van der Waals surface area contributed by atoms with E-state index in [-0.39, 0.29) is 6.10 Å². The van der Waals surface area contributed by atoms with E-state index in [1.165, 1.54) is 0 Å². The molecule has 2 rings (SSSR count). The molecule has 1 aromatic heterocycles. The summed E-state index contributed by atoms with van der Waals surface area (Å²) in [5.41, 5.74) is 0. The number of nitrogens with zero attached hydrogens (tertiary/aromatic N) is 3. The summed E-state index contributed by atoms with van der Waals surface area (Å²) in [6.45, 7) is 14.1. The summed E-state index contributed by atoms with van der Waals surface area (Å²) in [5, 5.41) is 8.00. The van der Waals surface area contributed by atoms with Crippen LogP contribution in [0.5, 0.6) is 0 Å². The molecule has 21 heavy (non-hydrogen) atoms. The van der Waals surface area contributed by atoms with Gasteiger partial charge in [0.05, 0.1) is 12.2 Å². The Labute approximate surface area is 128 Å². The van der Waals surface area contributed by atoms with Crippen molar-refractivity contribution in [1.29, 1.82) is 0 Å². The highest BCUT2D eigenvalue weighted by Crippen LogP contribution is 2.35. The summed E-state index contributed by atoms with van der Waals surface area (Å²) in [5.74, 6) is 2.13. The highest BCUT2D eigenvalue weighted by atomic mass is 16.5. The zero-order chi connectivity index (χ0) is 15.6. The average Bonchev–Trinajstić information content (AvgIpc) is 2.95. The molecule has 1 aliphatic rings. The molecule has 1 aliphatic heterocycles. The molecule has 5 atom stereocenters. The van der Waals surface area contributed by atoms with E-state index >= 15 is 0 Å². The molecular weight excluding hydrogens is 264 g/mol. The molecule has 1 aromatic rings. The molecule has 0 bridgehead atoms. The normalized spacial score (nSPS) is 31.0. The van der Waals surface area contributed by atoms with Gasteiger partial charge in [-0.3, -0.25) is 0 Å². The van der Waals surface area contributed by atoms with E-state index in [1.54, 1.807) is 6.33 Å². The molecule has 1 N–H and O–H groups in total. The van der Waals surface area contributed by atoms with Crippen LogP contribution in [0, 0.1) is 11.8 Å². The minimum atomic E-state index is 0.287. The van der Waals surface area contributed by atoms with Crippen LogP contribution in [0.15, 0.2) is 6.33 Å². The maximum absolute atomic E-state index is 6.03. The third kappa shape index (κ3) is 3.46. The Hall–Kier alpha value is -0.940. The van der Waals surface area contributed by atoms with Gasteiger partial charge in [-0.1, -0.05) is 13.8 Å². The van der Waals surface area contributed by atoms with Crippen LogP contribution in [-0.2, 0) is 11.2 Å². The first-order chi connectivity index (χ1) is 9.95. The van der Waals surface area contributed by atoms with Crippen LogP contribution >= 0.6 is 0 Å². The molecule has 120 valence electrons. The molecule has 0 aromatic carbocycles. The first-order valence-corrected chi connectivity index (χ1v) is 8.22. The van der Waals surface area contributed by atoms with Crippen LogP contribution in [-0.4, -0.2) is 39.6 Å². The number of ether oxygens (including phenoxy) is 1. The second-order valence-electron chi connectivity index (χ2n) is 6.57. The van der Waals surface area contributed by atoms with Crippen LogP contribution in [0.4, 0.5) is 0 Å². The lowest BCUT2D eigenvalue weighted by molar-refractivity contribution is 0.0475. The minimum Gasteiger partial charge on any atom is -0.375 e. The fraction of sp³-hybridized carbons (Fsp3) is 0.875.